The lowest BCUT2D eigenvalue weighted by atomic mass is 10.2. The highest BCUT2D eigenvalue weighted by Crippen LogP contribution is 2.29. The van der Waals surface area contributed by atoms with E-state index in [0.29, 0.717) is 41.1 Å². The van der Waals surface area contributed by atoms with E-state index in [1.54, 1.807) is 24.3 Å². The number of carbonyl (C=O) groups excluding carboxylic acids is 1. The van der Waals surface area contributed by atoms with Crippen LogP contribution in [-0.4, -0.2) is 35.8 Å². The molecule has 8 nitrogen and oxygen atoms in total. The van der Waals surface area contributed by atoms with E-state index >= 15 is 0 Å². The van der Waals surface area contributed by atoms with Crippen LogP contribution in [0.3, 0.4) is 0 Å². The molecule has 0 radical (unpaired) electrons. The SMILES string of the molecule is COc1cc2ncn(CCCC(=O)Nc3ccc(OC(C)C)cc3)c(=O)c2cc1OC. The van der Waals surface area contributed by atoms with Gasteiger partial charge in [-0.05, 0) is 50.6 Å². The zero-order chi connectivity index (χ0) is 22.4. The maximum Gasteiger partial charge on any atom is 0.261 e. The first-order valence-corrected chi connectivity index (χ1v) is 10.1. The number of rotatable bonds is 9. The summed E-state index contributed by atoms with van der Waals surface area (Å²) in [7, 11) is 3.05. The highest BCUT2D eigenvalue weighted by atomic mass is 16.5. The number of hydrogen-bond donors (Lipinski definition) is 1. The van der Waals surface area contributed by atoms with Gasteiger partial charge in [0.25, 0.3) is 5.56 Å². The van der Waals surface area contributed by atoms with Gasteiger partial charge in [0.1, 0.15) is 5.75 Å². The number of nitrogens with one attached hydrogen (secondary N) is 1. The number of carbonyl (C=O) groups is 1. The third-order valence-corrected chi connectivity index (χ3v) is 4.64. The van der Waals surface area contributed by atoms with Gasteiger partial charge in [-0.1, -0.05) is 0 Å². The Morgan fingerprint density at radius 3 is 2.42 bits per heavy atom. The molecule has 164 valence electrons. The van der Waals surface area contributed by atoms with Crippen molar-refractivity contribution in [3.63, 3.8) is 0 Å². The Labute approximate surface area is 180 Å². The topological polar surface area (TPSA) is 91.7 Å². The zero-order valence-electron chi connectivity index (χ0n) is 18.2. The monoisotopic (exact) mass is 425 g/mol. The summed E-state index contributed by atoms with van der Waals surface area (Å²) in [4.78, 5) is 29.4. The van der Waals surface area contributed by atoms with Crippen LogP contribution >= 0.6 is 0 Å². The standard InChI is InChI=1S/C23H27N3O5/c1-15(2)31-17-9-7-16(8-10-17)25-22(27)6-5-11-26-14-24-19-13-21(30-4)20(29-3)12-18(19)23(26)28/h7-10,12-15H,5-6,11H2,1-4H3,(H,25,27). The fraction of sp³-hybridized carbons (Fsp3) is 0.348. The van der Waals surface area contributed by atoms with Crippen molar-refractivity contribution in [3.8, 4) is 17.2 Å². The number of aromatic nitrogens is 2. The first-order valence-electron chi connectivity index (χ1n) is 10.1. The number of anilines is 1. The van der Waals surface area contributed by atoms with Crippen molar-refractivity contribution in [3.05, 3.63) is 53.1 Å². The van der Waals surface area contributed by atoms with Crippen molar-refractivity contribution >= 4 is 22.5 Å². The number of hydrogen-bond acceptors (Lipinski definition) is 6. The molecule has 0 spiro atoms. The molecule has 0 aliphatic rings. The molecule has 1 amide bonds. The lowest BCUT2D eigenvalue weighted by Gasteiger charge is -2.11. The zero-order valence-corrected chi connectivity index (χ0v) is 18.2. The summed E-state index contributed by atoms with van der Waals surface area (Å²) in [5.74, 6) is 1.62. The van der Waals surface area contributed by atoms with Gasteiger partial charge in [-0.2, -0.15) is 0 Å². The molecule has 3 rings (SSSR count). The fourth-order valence-electron chi connectivity index (χ4n) is 3.17. The molecule has 1 aromatic heterocycles. The minimum atomic E-state index is -0.188. The van der Waals surface area contributed by atoms with Gasteiger partial charge in [0, 0.05) is 24.7 Å². The molecule has 31 heavy (non-hydrogen) atoms. The lowest BCUT2D eigenvalue weighted by molar-refractivity contribution is -0.116. The second-order valence-electron chi connectivity index (χ2n) is 7.31. The van der Waals surface area contributed by atoms with E-state index in [4.69, 9.17) is 14.2 Å². The van der Waals surface area contributed by atoms with Crippen LogP contribution < -0.4 is 25.1 Å². The average Bonchev–Trinajstić information content (AvgIpc) is 2.75. The number of methoxy groups -OCH3 is 2. The van der Waals surface area contributed by atoms with Crippen LogP contribution in [0.25, 0.3) is 10.9 Å². The molecule has 0 fully saturated rings. The molecule has 0 saturated carbocycles. The molecule has 3 aromatic rings. The van der Waals surface area contributed by atoms with E-state index in [1.807, 2.05) is 26.0 Å². The first-order chi connectivity index (χ1) is 14.9. The summed E-state index contributed by atoms with van der Waals surface area (Å²) in [6.07, 6.45) is 2.36. The molecule has 0 atom stereocenters. The number of benzene rings is 2. The second-order valence-corrected chi connectivity index (χ2v) is 7.31. The van der Waals surface area contributed by atoms with Crippen molar-refractivity contribution in [2.45, 2.75) is 39.3 Å². The van der Waals surface area contributed by atoms with Gasteiger partial charge in [0.15, 0.2) is 11.5 Å². The molecule has 0 unspecified atom stereocenters. The summed E-state index contributed by atoms with van der Waals surface area (Å²) in [6.45, 7) is 4.30. The molecule has 0 saturated heterocycles. The number of nitrogens with zero attached hydrogens (tertiary/aromatic N) is 2. The molecule has 0 bridgehead atoms. The summed E-state index contributed by atoms with van der Waals surface area (Å²) in [5, 5.41) is 3.29. The molecular weight excluding hydrogens is 398 g/mol. The summed E-state index contributed by atoms with van der Waals surface area (Å²) < 4.78 is 17.6. The molecule has 1 heterocycles. The maximum atomic E-state index is 12.8. The van der Waals surface area contributed by atoms with Crippen LogP contribution in [0.4, 0.5) is 5.69 Å². The minimum Gasteiger partial charge on any atom is -0.493 e. The predicted molar refractivity (Wildman–Crippen MR) is 119 cm³/mol. The highest BCUT2D eigenvalue weighted by Gasteiger charge is 2.11. The molecule has 0 aliphatic carbocycles. The first kappa shape index (κ1) is 22.1. The summed E-state index contributed by atoms with van der Waals surface area (Å²) in [6, 6.07) is 10.5. The summed E-state index contributed by atoms with van der Waals surface area (Å²) >= 11 is 0. The number of fused-ring (bicyclic) bond motifs is 1. The lowest BCUT2D eigenvalue weighted by Crippen LogP contribution is -2.22. The van der Waals surface area contributed by atoms with Crippen molar-refractivity contribution in [2.75, 3.05) is 19.5 Å². The van der Waals surface area contributed by atoms with E-state index in [1.165, 1.54) is 25.1 Å². The van der Waals surface area contributed by atoms with Crippen LogP contribution in [0.1, 0.15) is 26.7 Å². The van der Waals surface area contributed by atoms with E-state index < -0.39 is 0 Å². The van der Waals surface area contributed by atoms with Crippen LogP contribution in [-0.2, 0) is 11.3 Å². The van der Waals surface area contributed by atoms with Crippen LogP contribution in [0.2, 0.25) is 0 Å². The van der Waals surface area contributed by atoms with Crippen LogP contribution in [0.15, 0.2) is 47.5 Å². The molecule has 0 aliphatic heterocycles. The third kappa shape index (κ3) is 5.53. The molecule has 8 heteroatoms. The molecular formula is C23H27N3O5. The van der Waals surface area contributed by atoms with Gasteiger partial charge in [-0.3, -0.25) is 14.2 Å². The third-order valence-electron chi connectivity index (χ3n) is 4.64. The smallest absolute Gasteiger partial charge is 0.261 e. The average molecular weight is 425 g/mol. The molecule has 2 aromatic carbocycles. The largest absolute Gasteiger partial charge is 0.493 e. The van der Waals surface area contributed by atoms with Crippen molar-refractivity contribution in [2.24, 2.45) is 0 Å². The van der Waals surface area contributed by atoms with Crippen molar-refractivity contribution in [1.29, 1.82) is 0 Å². The van der Waals surface area contributed by atoms with Crippen molar-refractivity contribution < 1.29 is 19.0 Å². The van der Waals surface area contributed by atoms with E-state index in [9.17, 15) is 9.59 Å². The Bertz CT molecular complexity index is 1110. The number of amides is 1. The fourth-order valence-corrected chi connectivity index (χ4v) is 3.17. The Kier molecular flexibility index (Phi) is 7.12. The Balaban J connectivity index is 1.60. The Morgan fingerprint density at radius 1 is 1.10 bits per heavy atom. The van der Waals surface area contributed by atoms with E-state index in [0.717, 1.165) is 5.75 Å². The van der Waals surface area contributed by atoms with Crippen molar-refractivity contribution in [1.82, 2.24) is 9.55 Å². The van der Waals surface area contributed by atoms with Gasteiger partial charge in [0.2, 0.25) is 5.91 Å². The van der Waals surface area contributed by atoms with Crippen LogP contribution in [0.5, 0.6) is 17.2 Å². The van der Waals surface area contributed by atoms with Gasteiger partial charge in [-0.15, -0.1) is 0 Å². The molecule has 1 N–H and O–H groups in total. The quantitative estimate of drug-likeness (QED) is 0.563. The second kappa shape index (κ2) is 9.97. The Morgan fingerprint density at radius 2 is 1.77 bits per heavy atom. The van der Waals surface area contributed by atoms with E-state index in [-0.39, 0.29) is 24.0 Å². The Hall–Kier alpha value is -3.55. The van der Waals surface area contributed by atoms with Gasteiger partial charge < -0.3 is 19.5 Å². The number of ether oxygens (including phenoxy) is 3. The van der Waals surface area contributed by atoms with Gasteiger partial charge in [0.05, 0.1) is 37.6 Å². The number of aryl methyl sites for hydroxylation is 1. The van der Waals surface area contributed by atoms with Gasteiger partial charge >= 0.3 is 0 Å². The summed E-state index contributed by atoms with van der Waals surface area (Å²) in [5.41, 5.74) is 1.04. The predicted octanol–water partition coefficient (Wildman–Crippen LogP) is 3.62. The van der Waals surface area contributed by atoms with Gasteiger partial charge in [-0.25, -0.2) is 4.98 Å². The normalized spacial score (nSPS) is 10.9. The van der Waals surface area contributed by atoms with Crippen LogP contribution in [0, 0.1) is 0 Å². The minimum absolute atomic E-state index is 0.0940. The maximum absolute atomic E-state index is 12.8. The highest BCUT2D eigenvalue weighted by molar-refractivity contribution is 5.90. The van der Waals surface area contributed by atoms with E-state index in [2.05, 4.69) is 10.3 Å².